The van der Waals surface area contributed by atoms with Gasteiger partial charge in [-0.25, -0.2) is 14.8 Å². The number of phenols is 1. The summed E-state index contributed by atoms with van der Waals surface area (Å²) in [6, 6.07) is 10.6. The van der Waals surface area contributed by atoms with Crippen LogP contribution in [-0.2, 0) is 18.2 Å². The molecule has 0 aliphatic carbocycles. The molecule has 3 aromatic carbocycles. The van der Waals surface area contributed by atoms with Crippen molar-refractivity contribution in [1.29, 1.82) is 0 Å². The maximum absolute atomic E-state index is 15.2. The van der Waals surface area contributed by atoms with Crippen LogP contribution in [0.3, 0.4) is 0 Å². The van der Waals surface area contributed by atoms with E-state index in [1.54, 1.807) is 29.5 Å². The van der Waals surface area contributed by atoms with Crippen LogP contribution in [0.1, 0.15) is 75.4 Å². The molecule has 1 amide bonds. The molecule has 0 spiro atoms. The van der Waals surface area contributed by atoms with Gasteiger partial charge in [0.1, 0.15) is 23.5 Å². The van der Waals surface area contributed by atoms with Gasteiger partial charge < -0.3 is 33.4 Å². The van der Waals surface area contributed by atoms with Crippen molar-refractivity contribution in [2.24, 2.45) is 7.05 Å². The highest BCUT2D eigenvalue weighted by Crippen LogP contribution is 2.47. The fourth-order valence-electron chi connectivity index (χ4n) is 8.06. The number of phenolic OH excluding ortho intramolecular Hbond substituents is 1. The summed E-state index contributed by atoms with van der Waals surface area (Å²) in [5.41, 5.74) is 8.43. The van der Waals surface area contributed by atoms with Gasteiger partial charge in [-0.15, -0.1) is 0 Å². The molecular formula is C42H43Cl2N5O6. The maximum Gasteiger partial charge on any atom is 0.354 e. The van der Waals surface area contributed by atoms with Gasteiger partial charge in [0, 0.05) is 64.0 Å². The minimum Gasteiger partial charge on any atom is -0.504 e. The number of aromatic hydroxyl groups is 1. The molecule has 0 fully saturated rings. The highest BCUT2D eigenvalue weighted by atomic mass is 35.5. The standard InChI is InChI=1S/C42H43Cl2N5O6/c1-9-54-42(52)32-17-29-37(47(32)7)31(18-33(50)40(29)53-8)48-19-23(4)49-38-28(12-13-30(43)35(38)34-24(5)45-20-46-25(34)6)27(39(49)41(48)51)11-10-14-55-26-15-21(2)36(44)22(3)16-26/h12-13,15-18,20,23,50H,9-11,14,19H2,1-8H3/t23-/m1/s1. The predicted molar refractivity (Wildman–Crippen MR) is 216 cm³/mol. The van der Waals surface area contributed by atoms with Gasteiger partial charge >= 0.3 is 5.97 Å². The third-order valence-corrected chi connectivity index (χ3v) is 11.4. The first-order valence-corrected chi connectivity index (χ1v) is 19.0. The van der Waals surface area contributed by atoms with Crippen molar-refractivity contribution in [1.82, 2.24) is 19.1 Å². The summed E-state index contributed by atoms with van der Waals surface area (Å²) in [6.07, 6.45) is 2.66. The first kappa shape index (κ1) is 38.0. The van der Waals surface area contributed by atoms with E-state index in [1.807, 2.05) is 52.0 Å². The highest BCUT2D eigenvalue weighted by molar-refractivity contribution is 6.35. The van der Waals surface area contributed by atoms with Crippen LogP contribution in [-0.4, -0.2) is 63.0 Å². The van der Waals surface area contributed by atoms with Gasteiger partial charge in [-0.2, -0.15) is 0 Å². The molecule has 1 N–H and O–H groups in total. The molecule has 4 heterocycles. The quantitative estimate of drug-likeness (QED) is 0.108. The Labute approximate surface area is 329 Å². The van der Waals surface area contributed by atoms with Crippen molar-refractivity contribution < 1.29 is 28.9 Å². The Bertz CT molecular complexity index is 2500. The van der Waals surface area contributed by atoms with Gasteiger partial charge in [-0.3, -0.25) is 4.79 Å². The van der Waals surface area contributed by atoms with Crippen molar-refractivity contribution in [2.45, 2.75) is 60.4 Å². The van der Waals surface area contributed by atoms with E-state index in [-0.39, 0.29) is 42.3 Å². The molecule has 1 aliphatic heterocycles. The number of aromatic nitrogens is 4. The van der Waals surface area contributed by atoms with Gasteiger partial charge in [-0.1, -0.05) is 29.3 Å². The first-order valence-electron chi connectivity index (χ1n) is 18.2. The lowest BCUT2D eigenvalue weighted by atomic mass is 9.97. The normalized spacial score (nSPS) is 14.2. The van der Waals surface area contributed by atoms with Crippen LogP contribution in [0.2, 0.25) is 10.0 Å². The maximum atomic E-state index is 15.2. The van der Waals surface area contributed by atoms with Crippen LogP contribution in [0.4, 0.5) is 5.69 Å². The lowest BCUT2D eigenvalue weighted by Gasteiger charge is -2.35. The predicted octanol–water partition coefficient (Wildman–Crippen LogP) is 9.25. The molecule has 3 aromatic heterocycles. The third-order valence-electron chi connectivity index (χ3n) is 10.5. The third kappa shape index (κ3) is 6.33. The number of carbonyl (C=O) groups is 2. The smallest absolute Gasteiger partial charge is 0.354 e. The monoisotopic (exact) mass is 783 g/mol. The number of hydrogen-bond donors (Lipinski definition) is 1. The second kappa shape index (κ2) is 14.8. The summed E-state index contributed by atoms with van der Waals surface area (Å²) in [6.45, 7) is 12.4. The average molecular weight is 785 g/mol. The minimum absolute atomic E-state index is 0.160. The number of esters is 1. The van der Waals surface area contributed by atoms with Crippen molar-refractivity contribution in [3.63, 3.8) is 0 Å². The number of ether oxygens (including phenoxy) is 3. The number of rotatable bonds is 10. The lowest BCUT2D eigenvalue weighted by molar-refractivity contribution is 0.0515. The van der Waals surface area contributed by atoms with Crippen molar-refractivity contribution in [3.05, 3.63) is 92.2 Å². The van der Waals surface area contributed by atoms with Crippen LogP contribution in [0, 0.1) is 27.7 Å². The van der Waals surface area contributed by atoms with E-state index >= 15 is 4.79 Å². The molecule has 0 bridgehead atoms. The van der Waals surface area contributed by atoms with Gasteiger partial charge in [0.05, 0.1) is 42.1 Å². The Kier molecular flexibility index (Phi) is 10.2. The number of hydrogen-bond acceptors (Lipinski definition) is 8. The zero-order valence-corrected chi connectivity index (χ0v) is 33.6. The second-order valence-corrected chi connectivity index (χ2v) is 14.8. The summed E-state index contributed by atoms with van der Waals surface area (Å²) < 4.78 is 20.9. The molecule has 0 unspecified atom stereocenters. The Hall–Kier alpha value is -5.26. The van der Waals surface area contributed by atoms with Crippen LogP contribution in [0.15, 0.2) is 42.7 Å². The molecule has 0 radical (unpaired) electrons. The van der Waals surface area contributed by atoms with Crippen molar-refractivity contribution in [3.8, 4) is 28.4 Å². The van der Waals surface area contributed by atoms with E-state index < -0.39 is 5.97 Å². The number of benzene rings is 3. The summed E-state index contributed by atoms with van der Waals surface area (Å²) in [5.74, 6) is -0.0273. The second-order valence-electron chi connectivity index (χ2n) is 14.0. The Morgan fingerprint density at radius 3 is 2.33 bits per heavy atom. The number of aryl methyl sites for hydroxylation is 6. The summed E-state index contributed by atoms with van der Waals surface area (Å²) >= 11 is 13.5. The summed E-state index contributed by atoms with van der Waals surface area (Å²) in [7, 11) is 3.19. The number of halogens is 2. The number of carbonyl (C=O) groups excluding carboxylic acids is 2. The van der Waals surface area contributed by atoms with E-state index in [2.05, 4.69) is 21.5 Å². The van der Waals surface area contributed by atoms with Crippen molar-refractivity contribution >= 4 is 62.6 Å². The fraction of sp³-hybridized carbons (Fsp3) is 0.333. The van der Waals surface area contributed by atoms with E-state index in [1.165, 1.54) is 19.5 Å². The summed E-state index contributed by atoms with van der Waals surface area (Å²) in [5, 5.41) is 13.9. The van der Waals surface area contributed by atoms with Crippen LogP contribution < -0.4 is 14.4 Å². The van der Waals surface area contributed by atoms with Crippen LogP contribution in [0.5, 0.6) is 17.2 Å². The Balaban J connectivity index is 1.41. The summed E-state index contributed by atoms with van der Waals surface area (Å²) in [4.78, 5) is 39.0. The molecule has 55 heavy (non-hydrogen) atoms. The van der Waals surface area contributed by atoms with Crippen LogP contribution >= 0.6 is 23.2 Å². The fourth-order valence-corrected chi connectivity index (χ4v) is 8.42. The largest absolute Gasteiger partial charge is 0.504 e. The Morgan fingerprint density at radius 2 is 1.67 bits per heavy atom. The molecule has 6 aromatic rings. The van der Waals surface area contributed by atoms with Gasteiger partial charge in [0.2, 0.25) is 0 Å². The molecule has 0 saturated carbocycles. The minimum atomic E-state index is -0.527. The van der Waals surface area contributed by atoms with Gasteiger partial charge in [0.25, 0.3) is 5.91 Å². The van der Waals surface area contributed by atoms with E-state index in [0.29, 0.717) is 46.8 Å². The zero-order chi connectivity index (χ0) is 39.5. The molecular weight excluding hydrogens is 741 g/mol. The van der Waals surface area contributed by atoms with E-state index in [0.717, 1.165) is 60.9 Å². The van der Waals surface area contributed by atoms with Gasteiger partial charge in [0.15, 0.2) is 11.5 Å². The van der Waals surface area contributed by atoms with Crippen molar-refractivity contribution in [2.75, 3.05) is 31.8 Å². The molecule has 0 saturated heterocycles. The number of methoxy groups -OCH3 is 1. The molecule has 13 heteroatoms. The lowest BCUT2D eigenvalue weighted by Crippen LogP contribution is -2.43. The number of nitrogens with zero attached hydrogens (tertiary/aromatic N) is 5. The van der Waals surface area contributed by atoms with Gasteiger partial charge in [-0.05, 0) is 95.3 Å². The molecule has 7 rings (SSSR count). The Morgan fingerprint density at radius 1 is 0.982 bits per heavy atom. The topological polar surface area (TPSA) is 121 Å². The molecule has 11 nitrogen and oxygen atoms in total. The SMILES string of the molecule is CCOC(=O)c1cc2c(OC)c(O)cc(N3C[C@@H](C)n4c(c(CCCOc5cc(C)c(Cl)c(C)c5)c5ccc(Cl)c(-c6c(C)ncnc6C)c54)C3=O)c2n1C. The van der Waals surface area contributed by atoms with E-state index in [9.17, 15) is 9.90 Å². The molecule has 1 aliphatic rings. The number of amides is 1. The number of anilines is 1. The van der Waals surface area contributed by atoms with Crippen LogP contribution in [0.25, 0.3) is 32.9 Å². The van der Waals surface area contributed by atoms with E-state index in [4.69, 9.17) is 37.4 Å². The zero-order valence-electron chi connectivity index (χ0n) is 32.1. The number of fused-ring (bicyclic) bond motifs is 4. The molecule has 1 atom stereocenters. The highest BCUT2D eigenvalue weighted by Gasteiger charge is 2.38. The average Bonchev–Trinajstić information content (AvgIpc) is 3.66. The first-order chi connectivity index (χ1) is 26.3. The molecule has 286 valence electrons.